The van der Waals surface area contributed by atoms with Crippen LogP contribution in [0.25, 0.3) is 0 Å². The monoisotopic (exact) mass is 317 g/mol. The van der Waals surface area contributed by atoms with Gasteiger partial charge in [0.1, 0.15) is 18.4 Å². The van der Waals surface area contributed by atoms with E-state index >= 15 is 0 Å². The Morgan fingerprint density at radius 1 is 1.17 bits per heavy atom. The highest BCUT2D eigenvalue weighted by molar-refractivity contribution is 5.90. The highest BCUT2D eigenvalue weighted by Gasteiger charge is 2.06. The number of benzene rings is 2. The lowest BCUT2D eigenvalue weighted by atomic mass is 10.2. The Hall–Kier alpha value is -3.14. The van der Waals surface area contributed by atoms with Gasteiger partial charge in [-0.25, -0.2) is 13.6 Å². The lowest BCUT2D eigenvalue weighted by Crippen LogP contribution is -2.32. The number of carbonyl (C=O) groups excluding carboxylic acids is 1. The van der Waals surface area contributed by atoms with E-state index in [9.17, 15) is 13.6 Å². The molecule has 0 fully saturated rings. The van der Waals surface area contributed by atoms with Crippen molar-refractivity contribution in [2.75, 3.05) is 18.5 Å². The number of carbonyl (C=O) groups is 1. The third-order valence-electron chi connectivity index (χ3n) is 2.84. The number of hydrogen-bond donors (Lipinski definition) is 2. The number of amides is 2. The van der Waals surface area contributed by atoms with Crippen LogP contribution in [-0.2, 0) is 0 Å². The van der Waals surface area contributed by atoms with E-state index in [0.717, 1.165) is 12.1 Å². The van der Waals surface area contributed by atoms with E-state index in [4.69, 9.17) is 10.00 Å². The summed E-state index contributed by atoms with van der Waals surface area (Å²) in [6.07, 6.45) is 0. The first-order valence-electron chi connectivity index (χ1n) is 6.72. The molecular weight excluding hydrogens is 304 g/mol. The number of rotatable bonds is 5. The van der Waals surface area contributed by atoms with E-state index in [-0.39, 0.29) is 18.9 Å². The molecule has 0 saturated carbocycles. The van der Waals surface area contributed by atoms with Gasteiger partial charge in [-0.05, 0) is 24.3 Å². The molecule has 118 valence electrons. The molecule has 0 unspecified atom stereocenters. The first-order chi connectivity index (χ1) is 11.1. The van der Waals surface area contributed by atoms with E-state index in [1.807, 2.05) is 6.07 Å². The molecule has 5 nitrogen and oxygen atoms in total. The Bertz CT molecular complexity index is 744. The number of anilines is 1. The lowest BCUT2D eigenvalue weighted by molar-refractivity contribution is 0.247. The quantitative estimate of drug-likeness (QED) is 0.832. The molecule has 23 heavy (non-hydrogen) atoms. The summed E-state index contributed by atoms with van der Waals surface area (Å²) < 4.78 is 30.9. The van der Waals surface area contributed by atoms with Crippen LogP contribution in [0.2, 0.25) is 0 Å². The average molecular weight is 317 g/mol. The van der Waals surface area contributed by atoms with Gasteiger partial charge in [-0.15, -0.1) is 0 Å². The first-order valence-corrected chi connectivity index (χ1v) is 6.72. The Morgan fingerprint density at radius 2 is 1.96 bits per heavy atom. The number of ether oxygens (including phenoxy) is 1. The summed E-state index contributed by atoms with van der Waals surface area (Å²) in [4.78, 5) is 11.7. The molecule has 0 saturated heterocycles. The van der Waals surface area contributed by atoms with Crippen LogP contribution in [0.4, 0.5) is 19.3 Å². The molecule has 2 rings (SSSR count). The van der Waals surface area contributed by atoms with Crippen LogP contribution in [0.5, 0.6) is 5.75 Å². The largest absolute Gasteiger partial charge is 0.492 e. The fourth-order valence-corrected chi connectivity index (χ4v) is 1.76. The predicted molar refractivity (Wildman–Crippen MR) is 80.0 cm³/mol. The van der Waals surface area contributed by atoms with Crippen LogP contribution < -0.4 is 15.4 Å². The van der Waals surface area contributed by atoms with Crippen molar-refractivity contribution in [3.63, 3.8) is 0 Å². The van der Waals surface area contributed by atoms with Gasteiger partial charge in [0.2, 0.25) is 0 Å². The average Bonchev–Trinajstić information content (AvgIpc) is 2.55. The van der Waals surface area contributed by atoms with Gasteiger partial charge in [0, 0.05) is 6.07 Å². The second-order valence-corrected chi connectivity index (χ2v) is 4.46. The smallest absolute Gasteiger partial charge is 0.319 e. The minimum Gasteiger partial charge on any atom is -0.492 e. The summed E-state index contributed by atoms with van der Waals surface area (Å²) >= 11 is 0. The topological polar surface area (TPSA) is 74.2 Å². The maximum absolute atomic E-state index is 13.0. The van der Waals surface area contributed by atoms with Crippen LogP contribution in [-0.4, -0.2) is 19.2 Å². The molecule has 0 aliphatic rings. The molecule has 0 heterocycles. The third-order valence-corrected chi connectivity index (χ3v) is 2.84. The molecule has 0 atom stereocenters. The minimum absolute atomic E-state index is 0.0817. The number of halogens is 2. The zero-order chi connectivity index (χ0) is 16.7. The molecule has 2 aromatic rings. The summed E-state index contributed by atoms with van der Waals surface area (Å²) in [5.41, 5.74) is 0.745. The van der Waals surface area contributed by atoms with Gasteiger partial charge in [0.25, 0.3) is 0 Å². The fourth-order valence-electron chi connectivity index (χ4n) is 1.76. The van der Waals surface area contributed by atoms with E-state index in [0.29, 0.717) is 11.3 Å². The number of nitrogens with zero attached hydrogens (tertiary/aromatic N) is 1. The van der Waals surface area contributed by atoms with Crippen LogP contribution >= 0.6 is 0 Å². The van der Waals surface area contributed by atoms with Crippen molar-refractivity contribution in [1.29, 1.82) is 5.26 Å². The Kier molecular flexibility index (Phi) is 5.47. The highest BCUT2D eigenvalue weighted by atomic mass is 19.2. The number of nitriles is 1. The maximum Gasteiger partial charge on any atom is 0.319 e. The summed E-state index contributed by atoms with van der Waals surface area (Å²) in [6, 6.07) is 11.2. The molecule has 0 aromatic heterocycles. The lowest BCUT2D eigenvalue weighted by Gasteiger charge is -2.10. The normalized spacial score (nSPS) is 9.78. The molecule has 2 aromatic carbocycles. The SMILES string of the molecule is N#Cc1ccccc1NC(=O)NCCOc1ccc(F)c(F)c1. The summed E-state index contributed by atoms with van der Waals surface area (Å²) in [7, 11) is 0. The second kappa shape index (κ2) is 7.75. The summed E-state index contributed by atoms with van der Waals surface area (Å²) in [5.74, 6) is -1.78. The van der Waals surface area contributed by atoms with E-state index < -0.39 is 17.7 Å². The van der Waals surface area contributed by atoms with Gasteiger partial charge < -0.3 is 15.4 Å². The molecule has 0 spiro atoms. The van der Waals surface area contributed by atoms with Crippen molar-refractivity contribution in [1.82, 2.24) is 5.32 Å². The number of para-hydroxylation sites is 1. The van der Waals surface area contributed by atoms with E-state index in [1.54, 1.807) is 24.3 Å². The Labute approximate surface area is 131 Å². The van der Waals surface area contributed by atoms with Crippen LogP contribution in [0, 0.1) is 23.0 Å². The third kappa shape index (κ3) is 4.68. The van der Waals surface area contributed by atoms with Crippen LogP contribution in [0.15, 0.2) is 42.5 Å². The Morgan fingerprint density at radius 3 is 2.70 bits per heavy atom. The molecule has 0 aliphatic carbocycles. The highest BCUT2D eigenvalue weighted by Crippen LogP contribution is 2.15. The fraction of sp³-hybridized carbons (Fsp3) is 0.125. The van der Waals surface area contributed by atoms with Crippen molar-refractivity contribution in [3.05, 3.63) is 59.7 Å². The Balaban J connectivity index is 1.77. The molecule has 7 heteroatoms. The first kappa shape index (κ1) is 16.2. The molecular formula is C16H13F2N3O2. The van der Waals surface area contributed by atoms with Crippen LogP contribution in [0.3, 0.4) is 0 Å². The van der Waals surface area contributed by atoms with Crippen molar-refractivity contribution in [2.24, 2.45) is 0 Å². The number of nitrogens with one attached hydrogen (secondary N) is 2. The molecule has 2 amide bonds. The van der Waals surface area contributed by atoms with Gasteiger partial charge in [-0.3, -0.25) is 0 Å². The molecule has 0 radical (unpaired) electrons. The van der Waals surface area contributed by atoms with Crippen molar-refractivity contribution < 1.29 is 18.3 Å². The van der Waals surface area contributed by atoms with Gasteiger partial charge in [-0.1, -0.05) is 12.1 Å². The second-order valence-electron chi connectivity index (χ2n) is 4.46. The molecule has 0 bridgehead atoms. The van der Waals surface area contributed by atoms with Crippen LogP contribution in [0.1, 0.15) is 5.56 Å². The molecule has 0 aliphatic heterocycles. The van der Waals surface area contributed by atoms with Gasteiger partial charge in [0.15, 0.2) is 11.6 Å². The van der Waals surface area contributed by atoms with E-state index in [1.165, 1.54) is 6.07 Å². The standard InChI is InChI=1S/C16H13F2N3O2/c17-13-6-5-12(9-14(13)18)23-8-7-20-16(22)21-15-4-2-1-3-11(15)10-19/h1-6,9H,7-8H2,(H2,20,21,22). The zero-order valence-corrected chi connectivity index (χ0v) is 12.0. The summed E-state index contributed by atoms with van der Waals surface area (Å²) in [5, 5.41) is 14.0. The van der Waals surface area contributed by atoms with Crippen molar-refractivity contribution in [3.8, 4) is 11.8 Å². The molecule has 2 N–H and O–H groups in total. The number of urea groups is 1. The zero-order valence-electron chi connectivity index (χ0n) is 12.0. The van der Waals surface area contributed by atoms with Crippen molar-refractivity contribution >= 4 is 11.7 Å². The van der Waals surface area contributed by atoms with Gasteiger partial charge in [-0.2, -0.15) is 5.26 Å². The van der Waals surface area contributed by atoms with Gasteiger partial charge in [0.05, 0.1) is 17.8 Å². The summed E-state index contributed by atoms with van der Waals surface area (Å²) in [6.45, 7) is 0.234. The van der Waals surface area contributed by atoms with Crippen molar-refractivity contribution in [2.45, 2.75) is 0 Å². The predicted octanol–water partition coefficient (Wildman–Crippen LogP) is 3.04. The maximum atomic E-state index is 13.0. The van der Waals surface area contributed by atoms with E-state index in [2.05, 4.69) is 10.6 Å². The number of hydrogen-bond acceptors (Lipinski definition) is 3. The minimum atomic E-state index is -0.999. The van der Waals surface area contributed by atoms with Gasteiger partial charge >= 0.3 is 6.03 Å².